The number of hydrogen-bond donors (Lipinski definition) is 2. The number of benzene rings is 1. The maximum atomic E-state index is 13.1. The van der Waals surface area contributed by atoms with E-state index in [4.69, 9.17) is 5.73 Å². The van der Waals surface area contributed by atoms with Crippen LogP contribution in [0.1, 0.15) is 18.5 Å². The second-order valence-electron chi connectivity index (χ2n) is 4.24. The van der Waals surface area contributed by atoms with Crippen molar-refractivity contribution in [1.29, 1.82) is 0 Å². The molecule has 0 aliphatic carbocycles. The number of halogens is 1. The lowest BCUT2D eigenvalue weighted by molar-refractivity contribution is 0.185. The highest BCUT2D eigenvalue weighted by molar-refractivity contribution is 5.43. The Morgan fingerprint density at radius 2 is 2.06 bits per heavy atom. The van der Waals surface area contributed by atoms with Crippen molar-refractivity contribution in [2.75, 3.05) is 31.9 Å². The molecule has 1 atom stereocenters. The van der Waals surface area contributed by atoms with Crippen LogP contribution in [0.5, 0.6) is 0 Å². The van der Waals surface area contributed by atoms with E-state index >= 15 is 0 Å². The molecule has 1 unspecified atom stereocenters. The summed E-state index contributed by atoms with van der Waals surface area (Å²) in [5, 5.41) is 3.32. The molecule has 0 amide bonds. The third-order valence-corrected chi connectivity index (χ3v) is 3.20. The molecule has 0 spiro atoms. The zero-order chi connectivity index (χ0) is 11.5. The van der Waals surface area contributed by atoms with Crippen molar-refractivity contribution < 1.29 is 4.39 Å². The molecular weight excluding hydrogens is 205 g/mol. The average molecular weight is 223 g/mol. The predicted octanol–water partition coefficient (Wildman–Crippen LogP) is 1.37. The summed E-state index contributed by atoms with van der Waals surface area (Å²) in [6, 6.07) is 5.30. The number of hydrogen-bond acceptors (Lipinski definition) is 3. The molecule has 1 aliphatic heterocycles. The summed E-state index contributed by atoms with van der Waals surface area (Å²) < 4.78 is 13.1. The van der Waals surface area contributed by atoms with Crippen molar-refractivity contribution in [1.82, 2.24) is 10.2 Å². The number of nitrogens with zero attached hydrogens (tertiary/aromatic N) is 1. The lowest BCUT2D eigenvalue weighted by Crippen LogP contribution is -2.44. The zero-order valence-electron chi connectivity index (χ0n) is 9.54. The number of nitrogens with two attached hydrogens (primary N) is 1. The Morgan fingerprint density at radius 3 is 2.69 bits per heavy atom. The predicted molar refractivity (Wildman–Crippen MR) is 63.7 cm³/mol. The van der Waals surface area contributed by atoms with Gasteiger partial charge in [-0.15, -0.1) is 0 Å². The highest BCUT2D eigenvalue weighted by Gasteiger charge is 2.18. The first-order chi connectivity index (χ1) is 7.68. The van der Waals surface area contributed by atoms with E-state index in [2.05, 4.69) is 17.1 Å². The number of nitrogens with one attached hydrogen (secondary N) is 1. The van der Waals surface area contributed by atoms with Gasteiger partial charge in [-0.1, -0.05) is 6.07 Å². The van der Waals surface area contributed by atoms with E-state index in [9.17, 15) is 4.39 Å². The van der Waals surface area contributed by atoms with E-state index in [0.29, 0.717) is 6.04 Å². The molecule has 0 radical (unpaired) electrons. The minimum absolute atomic E-state index is 0.236. The molecule has 1 heterocycles. The molecular formula is C12H18FN3. The Labute approximate surface area is 95.4 Å². The van der Waals surface area contributed by atoms with Gasteiger partial charge in [0, 0.05) is 32.2 Å². The van der Waals surface area contributed by atoms with Gasteiger partial charge in [-0.3, -0.25) is 4.90 Å². The Hall–Kier alpha value is -1.13. The van der Waals surface area contributed by atoms with Gasteiger partial charge in [0.1, 0.15) is 5.82 Å². The number of piperazine rings is 1. The molecule has 3 nitrogen and oxygen atoms in total. The summed E-state index contributed by atoms with van der Waals surface area (Å²) in [4.78, 5) is 2.38. The van der Waals surface area contributed by atoms with Crippen LogP contribution in [-0.2, 0) is 0 Å². The van der Waals surface area contributed by atoms with Crippen LogP contribution in [0.3, 0.4) is 0 Å². The van der Waals surface area contributed by atoms with E-state index in [0.717, 1.165) is 31.7 Å². The van der Waals surface area contributed by atoms with Crippen LogP contribution in [0.15, 0.2) is 18.2 Å². The van der Waals surface area contributed by atoms with E-state index in [1.807, 2.05) is 6.07 Å². The van der Waals surface area contributed by atoms with E-state index in [1.54, 1.807) is 6.07 Å². The summed E-state index contributed by atoms with van der Waals surface area (Å²) in [6.07, 6.45) is 0. The Kier molecular flexibility index (Phi) is 3.41. The lowest BCUT2D eigenvalue weighted by atomic mass is 10.1. The van der Waals surface area contributed by atoms with Crippen molar-refractivity contribution in [3.8, 4) is 0 Å². The van der Waals surface area contributed by atoms with Crippen LogP contribution in [-0.4, -0.2) is 31.1 Å². The first-order valence-corrected chi connectivity index (χ1v) is 5.68. The van der Waals surface area contributed by atoms with Gasteiger partial charge >= 0.3 is 0 Å². The maximum Gasteiger partial charge on any atom is 0.146 e. The van der Waals surface area contributed by atoms with Gasteiger partial charge in [0.05, 0.1) is 5.69 Å². The van der Waals surface area contributed by atoms with Crippen LogP contribution in [0, 0.1) is 5.82 Å². The molecule has 1 saturated heterocycles. The Morgan fingerprint density at radius 1 is 1.38 bits per heavy atom. The van der Waals surface area contributed by atoms with Crippen LogP contribution >= 0.6 is 0 Å². The van der Waals surface area contributed by atoms with Crippen LogP contribution in [0.25, 0.3) is 0 Å². The Balaban J connectivity index is 2.12. The molecule has 2 rings (SSSR count). The minimum atomic E-state index is -0.337. The molecule has 4 heteroatoms. The van der Waals surface area contributed by atoms with Crippen molar-refractivity contribution in [3.63, 3.8) is 0 Å². The first kappa shape index (κ1) is 11.4. The van der Waals surface area contributed by atoms with Gasteiger partial charge in [-0.2, -0.15) is 0 Å². The summed E-state index contributed by atoms with van der Waals surface area (Å²) in [6.45, 7) is 6.22. The second-order valence-corrected chi connectivity index (χ2v) is 4.24. The standard InChI is InChI=1S/C12H18FN3/c1-9(16-6-4-15-5-7-16)10-2-3-11(13)12(14)8-10/h2-3,8-9,15H,4-7,14H2,1H3. The fourth-order valence-electron chi connectivity index (χ4n) is 2.10. The fraction of sp³-hybridized carbons (Fsp3) is 0.500. The van der Waals surface area contributed by atoms with Gasteiger partial charge in [0.25, 0.3) is 0 Å². The summed E-state index contributed by atoms with van der Waals surface area (Å²) in [5.41, 5.74) is 6.90. The first-order valence-electron chi connectivity index (χ1n) is 5.68. The van der Waals surface area contributed by atoms with E-state index < -0.39 is 0 Å². The molecule has 0 bridgehead atoms. The maximum absolute atomic E-state index is 13.1. The van der Waals surface area contributed by atoms with E-state index in [-0.39, 0.29) is 11.5 Å². The summed E-state index contributed by atoms with van der Waals surface area (Å²) >= 11 is 0. The highest BCUT2D eigenvalue weighted by atomic mass is 19.1. The minimum Gasteiger partial charge on any atom is -0.396 e. The number of nitrogen functional groups attached to an aromatic ring is 1. The topological polar surface area (TPSA) is 41.3 Å². The monoisotopic (exact) mass is 223 g/mol. The van der Waals surface area contributed by atoms with Crippen LogP contribution in [0.2, 0.25) is 0 Å². The normalized spacial score (nSPS) is 19.6. The van der Waals surface area contributed by atoms with Crippen molar-refractivity contribution in [3.05, 3.63) is 29.6 Å². The smallest absolute Gasteiger partial charge is 0.146 e. The molecule has 88 valence electrons. The molecule has 1 fully saturated rings. The van der Waals surface area contributed by atoms with Crippen LogP contribution in [0.4, 0.5) is 10.1 Å². The molecule has 1 aliphatic rings. The van der Waals surface area contributed by atoms with Gasteiger partial charge in [-0.25, -0.2) is 4.39 Å². The van der Waals surface area contributed by atoms with Crippen LogP contribution < -0.4 is 11.1 Å². The van der Waals surface area contributed by atoms with Crippen molar-refractivity contribution >= 4 is 5.69 Å². The molecule has 0 saturated carbocycles. The molecule has 1 aromatic carbocycles. The quantitative estimate of drug-likeness (QED) is 0.744. The SMILES string of the molecule is CC(c1ccc(F)c(N)c1)N1CCNCC1. The molecule has 0 aromatic heterocycles. The lowest BCUT2D eigenvalue weighted by Gasteiger charge is -2.33. The van der Waals surface area contributed by atoms with Gasteiger partial charge in [-0.05, 0) is 24.6 Å². The zero-order valence-corrected chi connectivity index (χ0v) is 9.54. The van der Waals surface area contributed by atoms with E-state index in [1.165, 1.54) is 6.07 Å². The molecule has 1 aromatic rings. The fourth-order valence-corrected chi connectivity index (χ4v) is 2.10. The highest BCUT2D eigenvalue weighted by Crippen LogP contribution is 2.23. The summed E-state index contributed by atoms with van der Waals surface area (Å²) in [5.74, 6) is -0.337. The number of rotatable bonds is 2. The number of anilines is 1. The van der Waals surface area contributed by atoms with Gasteiger partial charge < -0.3 is 11.1 Å². The molecule has 3 N–H and O–H groups in total. The molecule has 16 heavy (non-hydrogen) atoms. The third kappa shape index (κ3) is 2.33. The Bertz CT molecular complexity index is 361. The van der Waals surface area contributed by atoms with Gasteiger partial charge in [0.2, 0.25) is 0 Å². The average Bonchev–Trinajstić information content (AvgIpc) is 2.33. The van der Waals surface area contributed by atoms with Crippen molar-refractivity contribution in [2.45, 2.75) is 13.0 Å². The van der Waals surface area contributed by atoms with Crippen molar-refractivity contribution in [2.24, 2.45) is 0 Å². The third-order valence-electron chi connectivity index (χ3n) is 3.20. The largest absolute Gasteiger partial charge is 0.396 e. The summed E-state index contributed by atoms with van der Waals surface area (Å²) in [7, 11) is 0. The second kappa shape index (κ2) is 4.80. The van der Waals surface area contributed by atoms with Gasteiger partial charge in [0.15, 0.2) is 0 Å².